The van der Waals surface area contributed by atoms with Crippen molar-refractivity contribution in [3.05, 3.63) is 212 Å². The van der Waals surface area contributed by atoms with E-state index in [1.807, 2.05) is 24.3 Å². The highest BCUT2D eigenvalue weighted by Crippen LogP contribution is 2.38. The number of hydrogen-bond donors (Lipinski definition) is 0. The second-order valence-electron chi connectivity index (χ2n) is 13.6. The number of aromatic nitrogens is 4. The highest BCUT2D eigenvalue weighted by Gasteiger charge is 2.20. The number of anilines is 3. The minimum absolute atomic E-state index is 0.775. The number of benzene rings is 8. The summed E-state index contributed by atoms with van der Waals surface area (Å²) in [6, 6.07) is 74.6. The molecule has 5 nitrogen and oxygen atoms in total. The van der Waals surface area contributed by atoms with Crippen molar-refractivity contribution < 1.29 is 0 Å². The summed E-state index contributed by atoms with van der Waals surface area (Å²) in [6.07, 6.45) is 0. The van der Waals surface area contributed by atoms with Crippen LogP contribution in [0.1, 0.15) is 0 Å². The molecule has 0 radical (unpaired) electrons. The normalized spacial score (nSPS) is 11.3. The Morgan fingerprint density at radius 1 is 0.309 bits per heavy atom. The summed E-state index contributed by atoms with van der Waals surface area (Å²) in [5.74, 6) is 1.57. The van der Waals surface area contributed by atoms with Crippen LogP contribution in [-0.4, -0.2) is 19.3 Å². The van der Waals surface area contributed by atoms with E-state index in [2.05, 4.69) is 202 Å². The molecule has 8 aromatic carbocycles. The van der Waals surface area contributed by atoms with E-state index in [9.17, 15) is 0 Å². The quantitative estimate of drug-likeness (QED) is 0.158. The minimum atomic E-state index is 0.775. The van der Waals surface area contributed by atoms with Crippen LogP contribution < -0.4 is 4.90 Å². The Balaban J connectivity index is 1.05. The van der Waals surface area contributed by atoms with Gasteiger partial charge in [0.25, 0.3) is 0 Å². The van der Waals surface area contributed by atoms with Crippen molar-refractivity contribution in [3.63, 3.8) is 0 Å². The van der Waals surface area contributed by atoms with Gasteiger partial charge in [-0.1, -0.05) is 127 Å². The van der Waals surface area contributed by atoms with E-state index in [1.165, 1.54) is 21.8 Å². The van der Waals surface area contributed by atoms with E-state index in [0.717, 1.165) is 62.3 Å². The van der Waals surface area contributed by atoms with Crippen LogP contribution >= 0.6 is 0 Å². The smallest absolute Gasteiger partial charge is 0.168 e. The zero-order chi connectivity index (χ0) is 36.6. The Bertz CT molecular complexity index is 2840. The second kappa shape index (κ2) is 13.8. The van der Waals surface area contributed by atoms with Crippen LogP contribution in [0.3, 0.4) is 0 Å². The number of nitrogens with zero attached hydrogens (tertiary/aromatic N) is 5. The van der Waals surface area contributed by atoms with Gasteiger partial charge in [0.15, 0.2) is 11.6 Å². The number of fused-ring (bicyclic) bond motifs is 3. The molecular formula is C50H35N5. The molecule has 0 bridgehead atoms. The van der Waals surface area contributed by atoms with Gasteiger partial charge in [-0.3, -0.25) is 4.57 Å². The summed E-state index contributed by atoms with van der Waals surface area (Å²) in [5.41, 5.74) is 12.0. The molecule has 0 aliphatic heterocycles. The number of rotatable bonds is 8. The van der Waals surface area contributed by atoms with Gasteiger partial charge in [0.2, 0.25) is 0 Å². The molecule has 0 unspecified atom stereocenters. The van der Waals surface area contributed by atoms with Crippen molar-refractivity contribution in [1.29, 1.82) is 0 Å². The van der Waals surface area contributed by atoms with Gasteiger partial charge in [-0.05, 0) is 96.1 Å². The lowest BCUT2D eigenvalue weighted by atomic mass is 10.0. The van der Waals surface area contributed by atoms with Crippen LogP contribution in [0.4, 0.5) is 17.1 Å². The maximum Gasteiger partial charge on any atom is 0.168 e. The maximum atomic E-state index is 4.81. The third-order valence-corrected chi connectivity index (χ3v) is 10.3. The minimum Gasteiger partial charge on any atom is -0.311 e. The van der Waals surface area contributed by atoms with Crippen molar-refractivity contribution in [2.24, 2.45) is 0 Å². The molecule has 0 atom stereocenters. The van der Waals surface area contributed by atoms with E-state index in [4.69, 9.17) is 10.2 Å². The van der Waals surface area contributed by atoms with Crippen LogP contribution in [-0.2, 0) is 0 Å². The summed E-state index contributed by atoms with van der Waals surface area (Å²) < 4.78 is 4.52. The van der Waals surface area contributed by atoms with Gasteiger partial charge < -0.3 is 9.47 Å². The Hall–Kier alpha value is -7.50. The molecule has 10 rings (SSSR count). The number of hydrogen-bond acceptors (Lipinski definition) is 3. The largest absolute Gasteiger partial charge is 0.311 e. The van der Waals surface area contributed by atoms with Crippen molar-refractivity contribution in [2.45, 2.75) is 0 Å². The Morgan fingerprint density at radius 3 is 1.36 bits per heavy atom. The summed E-state index contributed by atoms with van der Waals surface area (Å²) in [4.78, 5) is 2.29. The topological polar surface area (TPSA) is 38.9 Å². The lowest BCUT2D eigenvalue weighted by Crippen LogP contribution is -2.10. The molecule has 2 aromatic heterocycles. The lowest BCUT2D eigenvalue weighted by molar-refractivity contribution is 1.07. The van der Waals surface area contributed by atoms with Gasteiger partial charge in [0.05, 0.1) is 11.0 Å². The Morgan fingerprint density at radius 2 is 0.764 bits per heavy atom. The van der Waals surface area contributed by atoms with Crippen molar-refractivity contribution in [3.8, 4) is 45.3 Å². The molecule has 5 heteroatoms. The molecule has 0 amide bonds. The molecule has 2 heterocycles. The summed E-state index contributed by atoms with van der Waals surface area (Å²) >= 11 is 0. The fourth-order valence-corrected chi connectivity index (χ4v) is 7.68. The molecular weight excluding hydrogens is 671 g/mol. The zero-order valence-electron chi connectivity index (χ0n) is 29.9. The zero-order valence-corrected chi connectivity index (χ0v) is 29.9. The van der Waals surface area contributed by atoms with Crippen LogP contribution in [0.5, 0.6) is 0 Å². The van der Waals surface area contributed by atoms with Crippen LogP contribution in [0.15, 0.2) is 212 Å². The SMILES string of the molecule is c1ccc(-c2cccc(-n3c(-c4ccccc4)nnc3-c3ccc(N(c4ccccc4)c4ccc(-n5c6ccccc6c6ccccc65)cc4)cc3)c2)cc1. The van der Waals surface area contributed by atoms with Crippen LogP contribution in [0.2, 0.25) is 0 Å². The molecule has 0 aliphatic rings. The third kappa shape index (κ3) is 5.85. The highest BCUT2D eigenvalue weighted by atomic mass is 15.3. The summed E-state index contributed by atoms with van der Waals surface area (Å²) in [5, 5.41) is 12.1. The van der Waals surface area contributed by atoms with Gasteiger partial charge in [0, 0.05) is 50.3 Å². The average Bonchev–Trinajstić information content (AvgIpc) is 3.86. The lowest BCUT2D eigenvalue weighted by Gasteiger charge is -2.26. The molecule has 260 valence electrons. The average molecular weight is 706 g/mol. The molecule has 0 spiro atoms. The second-order valence-corrected chi connectivity index (χ2v) is 13.6. The number of para-hydroxylation sites is 3. The van der Waals surface area contributed by atoms with E-state index in [1.54, 1.807) is 0 Å². The van der Waals surface area contributed by atoms with E-state index in [0.29, 0.717) is 0 Å². The first-order chi connectivity index (χ1) is 27.3. The van der Waals surface area contributed by atoms with E-state index in [-0.39, 0.29) is 0 Å². The predicted octanol–water partition coefficient (Wildman–Crippen LogP) is 12.8. The van der Waals surface area contributed by atoms with Gasteiger partial charge in [0.1, 0.15) is 0 Å². The molecule has 10 aromatic rings. The molecule has 55 heavy (non-hydrogen) atoms. The predicted molar refractivity (Wildman–Crippen MR) is 227 cm³/mol. The first-order valence-electron chi connectivity index (χ1n) is 18.5. The molecule has 0 N–H and O–H groups in total. The first kappa shape index (κ1) is 32.2. The van der Waals surface area contributed by atoms with Gasteiger partial charge in [-0.15, -0.1) is 10.2 Å². The highest BCUT2D eigenvalue weighted by molar-refractivity contribution is 6.09. The van der Waals surface area contributed by atoms with Gasteiger partial charge in [-0.25, -0.2) is 0 Å². The Labute approximate surface area is 319 Å². The monoisotopic (exact) mass is 705 g/mol. The standard InChI is InChI=1S/C50H35N5/c1-4-15-36(16-5-1)39-19-14-22-44(35-39)55-49(37-17-6-2-7-18-37)51-52-50(55)38-27-29-41(30-28-38)53(40-20-8-3-9-21-40)42-31-33-43(34-32-42)54-47-25-12-10-23-45(47)46-24-11-13-26-48(46)54/h1-35H. The first-order valence-corrected chi connectivity index (χ1v) is 18.5. The maximum absolute atomic E-state index is 4.81. The fraction of sp³-hybridized carbons (Fsp3) is 0. The third-order valence-electron chi connectivity index (χ3n) is 10.3. The van der Waals surface area contributed by atoms with Crippen LogP contribution in [0, 0.1) is 0 Å². The van der Waals surface area contributed by atoms with Crippen molar-refractivity contribution >= 4 is 38.9 Å². The van der Waals surface area contributed by atoms with E-state index >= 15 is 0 Å². The summed E-state index contributed by atoms with van der Waals surface area (Å²) in [7, 11) is 0. The van der Waals surface area contributed by atoms with Crippen molar-refractivity contribution in [2.75, 3.05) is 4.90 Å². The summed E-state index contributed by atoms with van der Waals surface area (Å²) in [6.45, 7) is 0. The van der Waals surface area contributed by atoms with Gasteiger partial charge >= 0.3 is 0 Å². The van der Waals surface area contributed by atoms with Crippen molar-refractivity contribution in [1.82, 2.24) is 19.3 Å². The molecule has 0 saturated heterocycles. The Kier molecular flexibility index (Phi) is 8.08. The molecule has 0 aliphatic carbocycles. The van der Waals surface area contributed by atoms with Crippen LogP contribution in [0.25, 0.3) is 67.1 Å². The van der Waals surface area contributed by atoms with E-state index < -0.39 is 0 Å². The van der Waals surface area contributed by atoms with Gasteiger partial charge in [-0.2, -0.15) is 0 Å². The molecule has 0 fully saturated rings. The fourth-order valence-electron chi connectivity index (χ4n) is 7.68. The molecule has 0 saturated carbocycles.